The van der Waals surface area contributed by atoms with Crippen molar-refractivity contribution in [3.8, 4) is 17.2 Å². The molecule has 0 N–H and O–H groups in total. The van der Waals surface area contributed by atoms with E-state index in [1.807, 2.05) is 13.0 Å². The second-order valence-electron chi connectivity index (χ2n) is 4.72. The SMILES string of the molecule is CCCCn1cc(-c2cc(C(F)(F)F)ccc2C#N)cn1. The number of benzene rings is 1. The van der Waals surface area contributed by atoms with Gasteiger partial charge in [-0.05, 0) is 24.6 Å². The van der Waals surface area contributed by atoms with E-state index < -0.39 is 11.7 Å². The number of aromatic nitrogens is 2. The molecule has 0 aliphatic rings. The number of nitriles is 1. The molecule has 1 aromatic heterocycles. The zero-order valence-corrected chi connectivity index (χ0v) is 11.5. The fourth-order valence-corrected chi connectivity index (χ4v) is 2.00. The predicted octanol–water partition coefficient (Wildman–Crippen LogP) is 4.24. The zero-order valence-electron chi connectivity index (χ0n) is 11.5. The van der Waals surface area contributed by atoms with Crippen LogP contribution in [0.25, 0.3) is 11.1 Å². The van der Waals surface area contributed by atoms with Gasteiger partial charge in [0.25, 0.3) is 0 Å². The van der Waals surface area contributed by atoms with E-state index in [1.54, 1.807) is 10.9 Å². The number of unbranched alkanes of at least 4 members (excludes halogenated alkanes) is 1. The molecular formula is C15H14F3N3. The van der Waals surface area contributed by atoms with Crippen molar-refractivity contribution in [1.82, 2.24) is 9.78 Å². The summed E-state index contributed by atoms with van der Waals surface area (Å²) in [6.45, 7) is 2.75. The maximum Gasteiger partial charge on any atom is 0.416 e. The standard InChI is InChI=1S/C15H14F3N3/c1-2-3-6-21-10-12(9-20-21)14-7-13(15(16,17)18)5-4-11(14)8-19/h4-5,7,9-10H,2-3,6H2,1H3. The molecule has 0 unspecified atom stereocenters. The molecule has 3 nitrogen and oxygen atoms in total. The van der Waals surface area contributed by atoms with Crippen LogP contribution >= 0.6 is 0 Å². The van der Waals surface area contributed by atoms with Gasteiger partial charge >= 0.3 is 6.18 Å². The normalized spacial score (nSPS) is 11.4. The number of alkyl halides is 3. The fourth-order valence-electron chi connectivity index (χ4n) is 2.00. The molecule has 1 aromatic carbocycles. The second-order valence-corrected chi connectivity index (χ2v) is 4.72. The molecular weight excluding hydrogens is 279 g/mol. The summed E-state index contributed by atoms with van der Waals surface area (Å²) in [4.78, 5) is 0. The molecule has 0 fully saturated rings. The number of hydrogen-bond acceptors (Lipinski definition) is 2. The van der Waals surface area contributed by atoms with Crippen molar-refractivity contribution >= 4 is 0 Å². The van der Waals surface area contributed by atoms with Crippen molar-refractivity contribution in [3.63, 3.8) is 0 Å². The van der Waals surface area contributed by atoms with E-state index in [1.165, 1.54) is 12.3 Å². The van der Waals surface area contributed by atoms with Crippen molar-refractivity contribution in [3.05, 3.63) is 41.7 Å². The minimum absolute atomic E-state index is 0.207. The maximum absolute atomic E-state index is 12.8. The number of hydrogen-bond donors (Lipinski definition) is 0. The van der Waals surface area contributed by atoms with E-state index in [9.17, 15) is 13.2 Å². The summed E-state index contributed by atoms with van der Waals surface area (Å²) in [7, 11) is 0. The lowest BCUT2D eigenvalue weighted by molar-refractivity contribution is -0.137. The van der Waals surface area contributed by atoms with Crippen LogP contribution in [-0.4, -0.2) is 9.78 Å². The van der Waals surface area contributed by atoms with Crippen LogP contribution in [0.3, 0.4) is 0 Å². The molecule has 0 amide bonds. The van der Waals surface area contributed by atoms with E-state index in [4.69, 9.17) is 5.26 Å². The van der Waals surface area contributed by atoms with Gasteiger partial charge in [-0.15, -0.1) is 0 Å². The Morgan fingerprint density at radius 3 is 2.71 bits per heavy atom. The van der Waals surface area contributed by atoms with Crippen molar-refractivity contribution in [2.75, 3.05) is 0 Å². The number of rotatable bonds is 4. The van der Waals surface area contributed by atoms with Gasteiger partial charge in [-0.1, -0.05) is 13.3 Å². The molecule has 0 spiro atoms. The monoisotopic (exact) mass is 293 g/mol. The first-order valence-corrected chi connectivity index (χ1v) is 6.60. The molecule has 2 aromatic rings. The van der Waals surface area contributed by atoms with Crippen LogP contribution in [0.4, 0.5) is 13.2 Å². The zero-order chi connectivity index (χ0) is 15.5. The number of nitrogens with zero attached hydrogens (tertiary/aromatic N) is 3. The highest BCUT2D eigenvalue weighted by atomic mass is 19.4. The first-order valence-electron chi connectivity index (χ1n) is 6.60. The van der Waals surface area contributed by atoms with Gasteiger partial charge in [0.05, 0.1) is 23.4 Å². The Morgan fingerprint density at radius 2 is 2.10 bits per heavy atom. The number of halogens is 3. The summed E-state index contributed by atoms with van der Waals surface area (Å²) in [5, 5.41) is 13.2. The topological polar surface area (TPSA) is 41.6 Å². The summed E-state index contributed by atoms with van der Waals surface area (Å²) in [5.74, 6) is 0. The van der Waals surface area contributed by atoms with Crippen LogP contribution < -0.4 is 0 Å². The van der Waals surface area contributed by atoms with Crippen LogP contribution in [0.15, 0.2) is 30.6 Å². The first-order chi connectivity index (χ1) is 9.95. The van der Waals surface area contributed by atoms with Crippen molar-refractivity contribution in [2.24, 2.45) is 0 Å². The highest BCUT2D eigenvalue weighted by Crippen LogP contribution is 2.33. The molecule has 0 bridgehead atoms. The predicted molar refractivity (Wildman–Crippen MR) is 72.3 cm³/mol. The smallest absolute Gasteiger partial charge is 0.272 e. The summed E-state index contributed by atoms with van der Waals surface area (Å²) in [6, 6.07) is 5.04. The van der Waals surface area contributed by atoms with Crippen LogP contribution in [0, 0.1) is 11.3 Å². The minimum Gasteiger partial charge on any atom is -0.272 e. The Labute approximate surface area is 120 Å². The molecule has 0 saturated carbocycles. The van der Waals surface area contributed by atoms with Gasteiger partial charge in [-0.3, -0.25) is 4.68 Å². The Bertz CT molecular complexity index is 666. The van der Waals surface area contributed by atoms with Gasteiger partial charge in [0.15, 0.2) is 0 Å². The third kappa shape index (κ3) is 3.43. The first kappa shape index (κ1) is 15.1. The fraction of sp³-hybridized carbons (Fsp3) is 0.333. The van der Waals surface area contributed by atoms with E-state index in [0.29, 0.717) is 12.1 Å². The molecule has 2 rings (SSSR count). The van der Waals surface area contributed by atoms with Gasteiger partial charge in [0, 0.05) is 23.9 Å². The number of aryl methyl sites for hydroxylation is 1. The van der Waals surface area contributed by atoms with Crippen LogP contribution in [0.5, 0.6) is 0 Å². The summed E-state index contributed by atoms with van der Waals surface area (Å²) < 4.78 is 40.0. The molecule has 0 aliphatic heterocycles. The highest BCUT2D eigenvalue weighted by molar-refractivity contribution is 5.70. The van der Waals surface area contributed by atoms with Gasteiger partial charge in [-0.2, -0.15) is 23.5 Å². The Hall–Kier alpha value is -2.29. The molecule has 6 heteroatoms. The molecule has 0 aliphatic carbocycles. The van der Waals surface area contributed by atoms with Crippen molar-refractivity contribution in [1.29, 1.82) is 5.26 Å². The van der Waals surface area contributed by atoms with Crippen molar-refractivity contribution in [2.45, 2.75) is 32.5 Å². The van der Waals surface area contributed by atoms with E-state index in [2.05, 4.69) is 5.10 Å². The molecule has 1 heterocycles. The van der Waals surface area contributed by atoms with Crippen molar-refractivity contribution < 1.29 is 13.2 Å². The van der Waals surface area contributed by atoms with Crippen LogP contribution in [-0.2, 0) is 12.7 Å². The van der Waals surface area contributed by atoms with Gasteiger partial charge in [0.2, 0.25) is 0 Å². The third-order valence-corrected chi connectivity index (χ3v) is 3.15. The molecule has 0 atom stereocenters. The lowest BCUT2D eigenvalue weighted by atomic mass is 10.00. The maximum atomic E-state index is 12.8. The van der Waals surface area contributed by atoms with Gasteiger partial charge < -0.3 is 0 Å². The Balaban J connectivity index is 2.42. The highest BCUT2D eigenvalue weighted by Gasteiger charge is 2.31. The van der Waals surface area contributed by atoms with Crippen LogP contribution in [0.2, 0.25) is 0 Å². The second kappa shape index (κ2) is 6.00. The quantitative estimate of drug-likeness (QED) is 0.846. The molecule has 21 heavy (non-hydrogen) atoms. The van der Waals surface area contributed by atoms with E-state index >= 15 is 0 Å². The average Bonchev–Trinajstić information content (AvgIpc) is 2.92. The molecule has 0 radical (unpaired) electrons. The lowest BCUT2D eigenvalue weighted by Gasteiger charge is -2.09. The van der Waals surface area contributed by atoms with E-state index in [0.717, 1.165) is 25.0 Å². The van der Waals surface area contributed by atoms with Crippen LogP contribution in [0.1, 0.15) is 30.9 Å². The third-order valence-electron chi connectivity index (χ3n) is 3.15. The summed E-state index contributed by atoms with van der Waals surface area (Å²) in [6.07, 6.45) is 0.677. The lowest BCUT2D eigenvalue weighted by Crippen LogP contribution is -2.05. The Morgan fingerprint density at radius 1 is 1.33 bits per heavy atom. The minimum atomic E-state index is -4.43. The summed E-state index contributed by atoms with van der Waals surface area (Å²) >= 11 is 0. The average molecular weight is 293 g/mol. The summed E-state index contributed by atoms with van der Waals surface area (Å²) in [5.41, 5.74) is 0.222. The van der Waals surface area contributed by atoms with E-state index in [-0.39, 0.29) is 11.1 Å². The molecule has 0 saturated heterocycles. The Kier molecular flexibility index (Phi) is 4.32. The van der Waals surface area contributed by atoms with Gasteiger partial charge in [0.1, 0.15) is 0 Å². The molecule has 110 valence electrons. The largest absolute Gasteiger partial charge is 0.416 e. The van der Waals surface area contributed by atoms with Gasteiger partial charge in [-0.25, -0.2) is 0 Å².